The lowest BCUT2D eigenvalue weighted by Gasteiger charge is -2.36. The van der Waals surface area contributed by atoms with Gasteiger partial charge in [0.2, 0.25) is 0 Å². The fourth-order valence-corrected chi connectivity index (χ4v) is 3.50. The van der Waals surface area contributed by atoms with Crippen LogP contribution in [0.5, 0.6) is 0 Å². The average molecular weight is 387 g/mol. The number of rotatable bonds is 5. The molecule has 2 heterocycles. The van der Waals surface area contributed by atoms with E-state index in [0.29, 0.717) is 5.69 Å². The Balaban J connectivity index is 1.40. The van der Waals surface area contributed by atoms with Gasteiger partial charge in [-0.1, -0.05) is 37.3 Å². The molecule has 2 aromatic carbocycles. The van der Waals surface area contributed by atoms with Crippen molar-refractivity contribution in [3.05, 3.63) is 78.2 Å². The third-order valence-electron chi connectivity index (χ3n) is 5.23. The molecule has 148 valence electrons. The molecule has 29 heavy (non-hydrogen) atoms. The van der Waals surface area contributed by atoms with Gasteiger partial charge in [0, 0.05) is 43.6 Å². The summed E-state index contributed by atoms with van der Waals surface area (Å²) in [4.78, 5) is 25.7. The van der Waals surface area contributed by atoms with Gasteiger partial charge < -0.3 is 15.1 Å². The Morgan fingerprint density at radius 1 is 0.931 bits per heavy atom. The SMILES string of the molecule is CCc1ccc(NC(=O)c2cc(N3CCN(c4ccccc4)CC3)ncn2)cc1. The normalized spacial score (nSPS) is 14.0. The largest absolute Gasteiger partial charge is 0.368 e. The van der Waals surface area contributed by atoms with Crippen LogP contribution in [0.15, 0.2) is 67.0 Å². The molecule has 1 aliphatic rings. The molecule has 1 N–H and O–H groups in total. The summed E-state index contributed by atoms with van der Waals surface area (Å²) in [6.45, 7) is 5.64. The van der Waals surface area contributed by atoms with E-state index in [-0.39, 0.29) is 5.91 Å². The molecule has 1 aromatic heterocycles. The third kappa shape index (κ3) is 4.54. The number of aromatic nitrogens is 2. The molecule has 4 rings (SSSR count). The van der Waals surface area contributed by atoms with Crippen LogP contribution in [0.2, 0.25) is 0 Å². The number of hydrogen-bond acceptors (Lipinski definition) is 5. The summed E-state index contributed by atoms with van der Waals surface area (Å²) in [5.41, 5.74) is 3.62. The summed E-state index contributed by atoms with van der Waals surface area (Å²) in [5, 5.41) is 2.91. The number of aryl methyl sites for hydroxylation is 1. The Bertz CT molecular complexity index is 951. The van der Waals surface area contributed by atoms with Gasteiger partial charge in [0.05, 0.1) is 0 Å². The number of nitrogens with one attached hydrogen (secondary N) is 1. The summed E-state index contributed by atoms with van der Waals surface area (Å²) in [5.74, 6) is 0.569. The van der Waals surface area contributed by atoms with Crippen molar-refractivity contribution in [2.45, 2.75) is 13.3 Å². The number of nitrogens with zero attached hydrogens (tertiary/aromatic N) is 4. The number of para-hydroxylation sites is 1. The van der Waals surface area contributed by atoms with Crippen LogP contribution in [0.3, 0.4) is 0 Å². The van der Waals surface area contributed by atoms with E-state index in [9.17, 15) is 4.79 Å². The first-order valence-electron chi connectivity index (χ1n) is 10.00. The van der Waals surface area contributed by atoms with Crippen molar-refractivity contribution in [3.8, 4) is 0 Å². The maximum Gasteiger partial charge on any atom is 0.274 e. The zero-order chi connectivity index (χ0) is 20.1. The standard InChI is InChI=1S/C23H25N5O/c1-2-18-8-10-19(11-9-18)26-23(29)21-16-22(25-17-24-21)28-14-12-27(13-15-28)20-6-4-3-5-7-20/h3-11,16-17H,2,12-15H2,1H3,(H,26,29). The van der Waals surface area contributed by atoms with Gasteiger partial charge in [-0.05, 0) is 36.2 Å². The van der Waals surface area contributed by atoms with Gasteiger partial charge in [-0.15, -0.1) is 0 Å². The highest BCUT2D eigenvalue weighted by molar-refractivity contribution is 6.03. The van der Waals surface area contributed by atoms with E-state index < -0.39 is 0 Å². The zero-order valence-electron chi connectivity index (χ0n) is 16.6. The number of anilines is 3. The first-order valence-corrected chi connectivity index (χ1v) is 10.00. The monoisotopic (exact) mass is 387 g/mol. The van der Waals surface area contributed by atoms with Gasteiger partial charge in [-0.3, -0.25) is 4.79 Å². The molecule has 0 spiro atoms. The molecule has 1 aliphatic heterocycles. The van der Waals surface area contributed by atoms with Gasteiger partial charge in [-0.2, -0.15) is 0 Å². The molecule has 6 heteroatoms. The maximum absolute atomic E-state index is 12.6. The number of benzene rings is 2. The molecule has 0 aliphatic carbocycles. The van der Waals surface area contributed by atoms with E-state index in [1.807, 2.05) is 30.3 Å². The molecule has 0 saturated carbocycles. The smallest absolute Gasteiger partial charge is 0.274 e. The summed E-state index contributed by atoms with van der Waals surface area (Å²) in [6.07, 6.45) is 2.44. The first kappa shape index (κ1) is 18.9. The van der Waals surface area contributed by atoms with E-state index in [0.717, 1.165) is 44.1 Å². The van der Waals surface area contributed by atoms with Crippen LogP contribution in [0.25, 0.3) is 0 Å². The average Bonchev–Trinajstić information content (AvgIpc) is 2.80. The number of piperazine rings is 1. The fourth-order valence-electron chi connectivity index (χ4n) is 3.50. The Labute approximate surface area is 171 Å². The lowest BCUT2D eigenvalue weighted by atomic mass is 10.1. The highest BCUT2D eigenvalue weighted by Gasteiger charge is 2.19. The number of hydrogen-bond donors (Lipinski definition) is 1. The van der Waals surface area contributed by atoms with E-state index in [1.54, 1.807) is 6.07 Å². The molecule has 0 unspecified atom stereocenters. The maximum atomic E-state index is 12.6. The minimum atomic E-state index is -0.221. The van der Waals surface area contributed by atoms with Crippen LogP contribution in [0.4, 0.5) is 17.2 Å². The van der Waals surface area contributed by atoms with Crippen molar-refractivity contribution >= 4 is 23.1 Å². The fraction of sp³-hybridized carbons (Fsp3) is 0.261. The molecular formula is C23H25N5O. The summed E-state index contributed by atoms with van der Waals surface area (Å²) in [6, 6.07) is 20.1. The Morgan fingerprint density at radius 2 is 1.62 bits per heavy atom. The van der Waals surface area contributed by atoms with Gasteiger partial charge in [-0.25, -0.2) is 9.97 Å². The van der Waals surface area contributed by atoms with E-state index >= 15 is 0 Å². The molecule has 6 nitrogen and oxygen atoms in total. The van der Waals surface area contributed by atoms with Crippen molar-refractivity contribution < 1.29 is 4.79 Å². The Kier molecular flexibility index (Phi) is 5.70. The second kappa shape index (κ2) is 8.73. The second-order valence-electron chi connectivity index (χ2n) is 7.08. The summed E-state index contributed by atoms with van der Waals surface area (Å²) < 4.78 is 0. The molecule has 1 saturated heterocycles. The van der Waals surface area contributed by atoms with Crippen molar-refractivity contribution in [1.29, 1.82) is 0 Å². The molecule has 0 atom stereocenters. The predicted molar refractivity (Wildman–Crippen MR) is 117 cm³/mol. The quantitative estimate of drug-likeness (QED) is 0.725. The van der Waals surface area contributed by atoms with E-state index in [2.05, 4.69) is 56.3 Å². The molecule has 0 radical (unpaired) electrons. The topological polar surface area (TPSA) is 61.4 Å². The molecule has 3 aromatic rings. The van der Waals surface area contributed by atoms with Crippen molar-refractivity contribution in [1.82, 2.24) is 9.97 Å². The van der Waals surface area contributed by atoms with Gasteiger partial charge in [0.1, 0.15) is 17.8 Å². The van der Waals surface area contributed by atoms with E-state index in [1.165, 1.54) is 17.6 Å². The third-order valence-corrected chi connectivity index (χ3v) is 5.23. The van der Waals surface area contributed by atoms with Crippen LogP contribution < -0.4 is 15.1 Å². The minimum absolute atomic E-state index is 0.221. The molecule has 0 bridgehead atoms. The van der Waals surface area contributed by atoms with Crippen molar-refractivity contribution in [3.63, 3.8) is 0 Å². The zero-order valence-corrected chi connectivity index (χ0v) is 16.6. The highest BCUT2D eigenvalue weighted by Crippen LogP contribution is 2.19. The van der Waals surface area contributed by atoms with Crippen LogP contribution in [-0.2, 0) is 6.42 Å². The highest BCUT2D eigenvalue weighted by atomic mass is 16.1. The molecular weight excluding hydrogens is 362 g/mol. The number of amides is 1. The second-order valence-corrected chi connectivity index (χ2v) is 7.08. The first-order chi connectivity index (χ1) is 14.2. The van der Waals surface area contributed by atoms with Crippen LogP contribution in [0.1, 0.15) is 23.0 Å². The Hall–Kier alpha value is -3.41. The number of carbonyl (C=O) groups is 1. The lowest BCUT2D eigenvalue weighted by Crippen LogP contribution is -2.46. The van der Waals surface area contributed by atoms with Gasteiger partial charge in [0.25, 0.3) is 5.91 Å². The van der Waals surface area contributed by atoms with Crippen LogP contribution >= 0.6 is 0 Å². The van der Waals surface area contributed by atoms with E-state index in [4.69, 9.17) is 0 Å². The van der Waals surface area contributed by atoms with Crippen molar-refractivity contribution in [2.24, 2.45) is 0 Å². The van der Waals surface area contributed by atoms with Crippen LogP contribution in [-0.4, -0.2) is 42.1 Å². The predicted octanol–water partition coefficient (Wildman–Crippen LogP) is 3.62. The lowest BCUT2D eigenvalue weighted by molar-refractivity contribution is 0.102. The number of carbonyl (C=O) groups excluding carboxylic acids is 1. The molecule has 1 fully saturated rings. The Morgan fingerprint density at radius 3 is 2.31 bits per heavy atom. The van der Waals surface area contributed by atoms with Gasteiger partial charge in [0.15, 0.2) is 0 Å². The van der Waals surface area contributed by atoms with Gasteiger partial charge >= 0.3 is 0 Å². The molecule has 1 amide bonds. The summed E-state index contributed by atoms with van der Waals surface area (Å²) in [7, 11) is 0. The van der Waals surface area contributed by atoms with Crippen LogP contribution in [0, 0.1) is 0 Å². The van der Waals surface area contributed by atoms with Crippen molar-refractivity contribution in [2.75, 3.05) is 41.3 Å². The minimum Gasteiger partial charge on any atom is -0.368 e. The summed E-state index contributed by atoms with van der Waals surface area (Å²) >= 11 is 0.